The maximum atomic E-state index is 12.7. The van der Waals surface area contributed by atoms with E-state index in [-0.39, 0.29) is 12.2 Å². The van der Waals surface area contributed by atoms with Crippen LogP contribution >= 0.6 is 0 Å². The molecule has 1 heterocycles. The van der Waals surface area contributed by atoms with Crippen LogP contribution in [0.3, 0.4) is 0 Å². The molecule has 0 aromatic rings. The molecule has 1 aliphatic heterocycles. The maximum absolute atomic E-state index is 12.7. The zero-order chi connectivity index (χ0) is 10.3. The van der Waals surface area contributed by atoms with Crippen LogP contribution in [0.4, 0.5) is 4.39 Å². The normalized spacial score (nSPS) is 28.4. The molecule has 2 nitrogen and oxygen atoms in total. The van der Waals surface area contributed by atoms with Gasteiger partial charge in [-0.2, -0.15) is 0 Å². The summed E-state index contributed by atoms with van der Waals surface area (Å²) < 4.78 is 17.7. The molecule has 0 spiro atoms. The Balaban J connectivity index is 0.000000671. The lowest BCUT2D eigenvalue weighted by atomic mass is 10.00. The minimum absolute atomic E-state index is 0.294. The first-order valence-electron chi connectivity index (χ1n) is 5.01. The number of nitrogens with zero attached hydrogens (tertiary/aromatic N) is 1. The van der Waals surface area contributed by atoms with Gasteiger partial charge in [-0.15, -0.1) is 0 Å². The van der Waals surface area contributed by atoms with Crippen molar-refractivity contribution in [3.63, 3.8) is 0 Å². The quantitative estimate of drug-likeness (QED) is 0.677. The molecule has 1 rings (SSSR count). The Hall–Kier alpha value is -0.150. The third kappa shape index (κ3) is 2.92. The van der Waals surface area contributed by atoms with Crippen molar-refractivity contribution in [2.75, 3.05) is 34.0 Å². The van der Waals surface area contributed by atoms with Crippen molar-refractivity contribution in [2.24, 2.45) is 0 Å². The van der Waals surface area contributed by atoms with Crippen LogP contribution in [0.15, 0.2) is 0 Å². The summed E-state index contributed by atoms with van der Waals surface area (Å²) in [4.78, 5) is 2.07. The first kappa shape index (κ1) is 12.8. The molecule has 1 fully saturated rings. The Bertz CT molecular complexity index is 132. The predicted molar refractivity (Wildman–Crippen MR) is 53.8 cm³/mol. The van der Waals surface area contributed by atoms with Gasteiger partial charge in [-0.3, -0.25) is 4.90 Å². The Morgan fingerprint density at radius 1 is 1.46 bits per heavy atom. The van der Waals surface area contributed by atoms with Gasteiger partial charge in [-0.25, -0.2) is 4.39 Å². The Kier molecular flexibility index (Phi) is 6.25. The average Bonchev–Trinajstić information content (AvgIpc) is 2.53. The summed E-state index contributed by atoms with van der Waals surface area (Å²) in [6.07, 6.45) is 2.01. The molecule has 0 saturated carbocycles. The predicted octanol–water partition coefficient (Wildman–Crippen LogP) is 2.09. The summed E-state index contributed by atoms with van der Waals surface area (Å²) in [6.45, 7) is 5.21. The van der Waals surface area contributed by atoms with Gasteiger partial charge in [-0.1, -0.05) is 13.8 Å². The Labute approximate surface area is 81.1 Å². The SMILES string of the molecule is CC.COCC1(CF)CCCN1C. The molecule has 0 bridgehead atoms. The van der Waals surface area contributed by atoms with E-state index in [1.165, 1.54) is 0 Å². The third-order valence-electron chi connectivity index (χ3n) is 2.61. The molecule has 1 aliphatic rings. The second-order valence-electron chi connectivity index (χ2n) is 3.32. The van der Waals surface area contributed by atoms with Crippen LogP contribution in [0, 0.1) is 0 Å². The molecule has 0 aliphatic carbocycles. The van der Waals surface area contributed by atoms with Crippen LogP contribution in [0.2, 0.25) is 0 Å². The summed E-state index contributed by atoms with van der Waals surface area (Å²) in [5.41, 5.74) is -0.311. The molecule has 0 amide bonds. The third-order valence-corrected chi connectivity index (χ3v) is 2.61. The van der Waals surface area contributed by atoms with Crippen LogP contribution in [-0.2, 0) is 4.74 Å². The van der Waals surface area contributed by atoms with E-state index in [9.17, 15) is 4.39 Å². The largest absolute Gasteiger partial charge is 0.383 e. The smallest absolute Gasteiger partial charge is 0.110 e. The monoisotopic (exact) mass is 191 g/mol. The van der Waals surface area contributed by atoms with Crippen molar-refractivity contribution in [1.82, 2.24) is 4.90 Å². The van der Waals surface area contributed by atoms with E-state index < -0.39 is 0 Å². The van der Waals surface area contributed by atoms with Crippen molar-refractivity contribution in [3.05, 3.63) is 0 Å². The average molecular weight is 191 g/mol. The fraction of sp³-hybridized carbons (Fsp3) is 1.00. The molecule has 0 radical (unpaired) electrons. The van der Waals surface area contributed by atoms with Gasteiger partial charge in [0.1, 0.15) is 6.67 Å². The molecule has 0 N–H and O–H groups in total. The van der Waals surface area contributed by atoms with Crippen LogP contribution in [0.5, 0.6) is 0 Å². The number of methoxy groups -OCH3 is 1. The maximum Gasteiger partial charge on any atom is 0.110 e. The fourth-order valence-corrected chi connectivity index (χ4v) is 1.73. The Morgan fingerprint density at radius 3 is 2.38 bits per heavy atom. The first-order valence-corrected chi connectivity index (χ1v) is 5.01. The second-order valence-corrected chi connectivity index (χ2v) is 3.32. The number of rotatable bonds is 3. The zero-order valence-corrected chi connectivity index (χ0v) is 9.27. The Morgan fingerprint density at radius 2 is 2.08 bits per heavy atom. The van der Waals surface area contributed by atoms with E-state index in [1.807, 2.05) is 20.9 Å². The molecular weight excluding hydrogens is 169 g/mol. The minimum atomic E-state index is -0.311. The summed E-state index contributed by atoms with van der Waals surface area (Å²) >= 11 is 0. The van der Waals surface area contributed by atoms with Gasteiger partial charge in [-0.05, 0) is 26.4 Å². The number of hydrogen-bond donors (Lipinski definition) is 0. The van der Waals surface area contributed by atoms with Crippen LogP contribution in [-0.4, -0.2) is 44.4 Å². The van der Waals surface area contributed by atoms with Gasteiger partial charge in [0.25, 0.3) is 0 Å². The summed E-state index contributed by atoms with van der Waals surface area (Å²) in [7, 11) is 3.59. The van der Waals surface area contributed by atoms with Gasteiger partial charge in [0, 0.05) is 7.11 Å². The van der Waals surface area contributed by atoms with Crippen molar-refractivity contribution in [1.29, 1.82) is 0 Å². The molecule has 1 atom stereocenters. The summed E-state index contributed by atoms with van der Waals surface area (Å²) in [5, 5.41) is 0. The van der Waals surface area contributed by atoms with Crippen LogP contribution in [0.1, 0.15) is 26.7 Å². The highest BCUT2D eigenvalue weighted by atomic mass is 19.1. The lowest BCUT2D eigenvalue weighted by molar-refractivity contribution is 0.0347. The minimum Gasteiger partial charge on any atom is -0.383 e. The molecule has 0 aromatic heterocycles. The van der Waals surface area contributed by atoms with Crippen LogP contribution < -0.4 is 0 Å². The van der Waals surface area contributed by atoms with Crippen molar-refractivity contribution >= 4 is 0 Å². The van der Waals surface area contributed by atoms with Crippen molar-refractivity contribution < 1.29 is 9.13 Å². The number of ether oxygens (including phenoxy) is 1. The van der Waals surface area contributed by atoms with Gasteiger partial charge in [0.15, 0.2) is 0 Å². The fourth-order valence-electron chi connectivity index (χ4n) is 1.73. The highest BCUT2D eigenvalue weighted by Gasteiger charge is 2.38. The molecule has 0 aromatic carbocycles. The van der Waals surface area contributed by atoms with Gasteiger partial charge in [0.2, 0.25) is 0 Å². The molecular formula is C10H22FNO. The van der Waals surface area contributed by atoms with Crippen molar-refractivity contribution in [3.8, 4) is 0 Å². The van der Waals surface area contributed by atoms with E-state index in [2.05, 4.69) is 4.90 Å². The van der Waals surface area contributed by atoms with Gasteiger partial charge >= 0.3 is 0 Å². The number of alkyl halides is 1. The van der Waals surface area contributed by atoms with Gasteiger partial charge < -0.3 is 4.74 Å². The lowest BCUT2D eigenvalue weighted by Gasteiger charge is -2.32. The van der Waals surface area contributed by atoms with Crippen LogP contribution in [0.25, 0.3) is 0 Å². The summed E-state index contributed by atoms with van der Waals surface area (Å²) in [6, 6.07) is 0. The summed E-state index contributed by atoms with van der Waals surface area (Å²) in [5.74, 6) is 0. The second kappa shape index (κ2) is 6.33. The van der Waals surface area contributed by atoms with Crippen molar-refractivity contribution in [2.45, 2.75) is 32.2 Å². The highest BCUT2D eigenvalue weighted by Crippen LogP contribution is 2.28. The molecule has 3 heteroatoms. The molecule has 13 heavy (non-hydrogen) atoms. The molecule has 1 unspecified atom stereocenters. The van der Waals surface area contributed by atoms with E-state index in [1.54, 1.807) is 7.11 Å². The van der Waals surface area contributed by atoms with Gasteiger partial charge in [0.05, 0.1) is 12.1 Å². The number of hydrogen-bond acceptors (Lipinski definition) is 2. The van der Waals surface area contributed by atoms with E-state index in [0.717, 1.165) is 19.4 Å². The number of likely N-dealkylation sites (tertiary alicyclic amines) is 1. The molecule has 1 saturated heterocycles. The topological polar surface area (TPSA) is 12.5 Å². The van der Waals surface area contributed by atoms with E-state index in [0.29, 0.717) is 6.61 Å². The molecule has 80 valence electrons. The van der Waals surface area contributed by atoms with E-state index >= 15 is 0 Å². The van der Waals surface area contributed by atoms with E-state index in [4.69, 9.17) is 4.74 Å². The zero-order valence-electron chi connectivity index (χ0n) is 9.27. The highest BCUT2D eigenvalue weighted by molar-refractivity contribution is 4.93. The lowest BCUT2D eigenvalue weighted by Crippen LogP contribution is -2.47. The number of likely N-dealkylation sites (N-methyl/N-ethyl adjacent to an activating group) is 1. The number of halogens is 1. The first-order chi connectivity index (χ1) is 6.25. The standard InChI is InChI=1S/C8H16FNO.C2H6/c1-10-5-3-4-8(10,6-9)7-11-2;1-2/h3-7H2,1-2H3;1-2H3.